The fraction of sp³-hybridized carbons (Fsp3) is 0.500. The summed E-state index contributed by atoms with van der Waals surface area (Å²) in [6.07, 6.45) is 6.58. The quantitative estimate of drug-likeness (QED) is 0.569. The molecule has 1 N–H and O–H groups in total. The van der Waals surface area contributed by atoms with Crippen molar-refractivity contribution in [1.29, 1.82) is 0 Å². The fourth-order valence-electron chi connectivity index (χ4n) is 0.482. The van der Waals surface area contributed by atoms with Gasteiger partial charge in [0.05, 0.1) is 0 Å². The Morgan fingerprint density at radius 1 is 1.67 bits per heavy atom. The Hall–Kier alpha value is -0.560. The molecule has 1 heteroatoms. The summed E-state index contributed by atoms with van der Waals surface area (Å²) in [5.74, 6) is 0.376. The third-order valence-corrected chi connectivity index (χ3v) is 1.12. The Labute approximate surface area is 56.7 Å². The predicted octanol–water partition coefficient (Wildman–Crippen LogP) is 1.75. The molecule has 52 valence electrons. The van der Waals surface area contributed by atoms with Gasteiger partial charge in [0, 0.05) is 6.61 Å². The zero-order valence-electron chi connectivity index (χ0n) is 5.88. The Kier molecular flexibility index (Phi) is 5.23. The molecule has 0 aliphatic rings. The summed E-state index contributed by atoms with van der Waals surface area (Å²) in [5.41, 5.74) is 0. The molecule has 1 atom stereocenters. The highest BCUT2D eigenvalue weighted by atomic mass is 16.3. The van der Waals surface area contributed by atoms with Crippen molar-refractivity contribution in [3.05, 3.63) is 24.8 Å². The van der Waals surface area contributed by atoms with Crippen LogP contribution in [0.4, 0.5) is 0 Å². The molecule has 0 rings (SSSR count). The smallest absolute Gasteiger partial charge is 0.0459 e. The molecule has 0 radical (unpaired) electrons. The lowest BCUT2D eigenvalue weighted by atomic mass is 10.1. The summed E-state index contributed by atoms with van der Waals surface area (Å²) < 4.78 is 0. The number of allylic oxidation sites excluding steroid dienone is 3. The number of aliphatic hydroxyl groups is 1. The highest BCUT2D eigenvalue weighted by molar-refractivity contribution is 4.97. The second-order valence-corrected chi connectivity index (χ2v) is 2.19. The molecular weight excluding hydrogens is 112 g/mol. The molecule has 0 amide bonds. The van der Waals surface area contributed by atoms with Crippen molar-refractivity contribution in [2.45, 2.75) is 13.3 Å². The summed E-state index contributed by atoms with van der Waals surface area (Å²) in [6, 6.07) is 0. The molecule has 0 fully saturated rings. The minimum absolute atomic E-state index is 0.265. The molecule has 0 heterocycles. The average Bonchev–Trinajstić information content (AvgIpc) is 1.89. The van der Waals surface area contributed by atoms with Crippen LogP contribution >= 0.6 is 0 Å². The molecule has 1 nitrogen and oxygen atoms in total. The van der Waals surface area contributed by atoms with E-state index in [1.54, 1.807) is 6.08 Å². The van der Waals surface area contributed by atoms with E-state index in [0.717, 1.165) is 6.42 Å². The average molecular weight is 126 g/mol. The minimum atomic E-state index is 0.265. The molecule has 0 saturated carbocycles. The summed E-state index contributed by atoms with van der Waals surface area (Å²) in [6.45, 7) is 5.81. The monoisotopic (exact) mass is 126 g/mol. The molecule has 9 heavy (non-hydrogen) atoms. The van der Waals surface area contributed by atoms with Gasteiger partial charge in [-0.3, -0.25) is 0 Å². The number of aliphatic hydroxyl groups excluding tert-OH is 1. The lowest BCUT2D eigenvalue weighted by Gasteiger charge is -2.00. The van der Waals surface area contributed by atoms with Crippen LogP contribution in [0.15, 0.2) is 24.8 Å². The van der Waals surface area contributed by atoms with E-state index in [1.807, 2.05) is 19.1 Å². The first-order valence-electron chi connectivity index (χ1n) is 3.19. The van der Waals surface area contributed by atoms with E-state index in [-0.39, 0.29) is 6.61 Å². The van der Waals surface area contributed by atoms with Crippen LogP contribution in [0.3, 0.4) is 0 Å². The summed E-state index contributed by atoms with van der Waals surface area (Å²) >= 11 is 0. The zero-order valence-corrected chi connectivity index (χ0v) is 5.88. The van der Waals surface area contributed by atoms with Crippen molar-refractivity contribution in [2.24, 2.45) is 5.92 Å². The van der Waals surface area contributed by atoms with Crippen molar-refractivity contribution < 1.29 is 5.11 Å². The molecule has 0 aromatic heterocycles. The lowest BCUT2D eigenvalue weighted by Crippen LogP contribution is -1.97. The maximum absolute atomic E-state index is 8.57. The van der Waals surface area contributed by atoms with Crippen LogP contribution < -0.4 is 0 Å². The van der Waals surface area contributed by atoms with Crippen molar-refractivity contribution in [2.75, 3.05) is 6.61 Å². The first-order valence-corrected chi connectivity index (χ1v) is 3.19. The zero-order chi connectivity index (χ0) is 7.11. The Balaban J connectivity index is 3.25. The van der Waals surface area contributed by atoms with Gasteiger partial charge in [-0.15, -0.1) is 0 Å². The highest BCUT2D eigenvalue weighted by Gasteiger charge is 1.93. The van der Waals surface area contributed by atoms with Gasteiger partial charge in [-0.05, 0) is 12.3 Å². The standard InChI is InChI=1S/C8H14O/c1-3-4-5-6-8(2)7-9/h3-5,8-9H,1,6-7H2,2H3/b5-4-. The molecular formula is C8H14O. The maximum Gasteiger partial charge on any atom is 0.0459 e. The van der Waals surface area contributed by atoms with E-state index < -0.39 is 0 Å². The van der Waals surface area contributed by atoms with E-state index in [4.69, 9.17) is 5.11 Å². The van der Waals surface area contributed by atoms with Crippen LogP contribution in [-0.4, -0.2) is 11.7 Å². The van der Waals surface area contributed by atoms with Crippen LogP contribution in [-0.2, 0) is 0 Å². The Morgan fingerprint density at radius 3 is 2.78 bits per heavy atom. The van der Waals surface area contributed by atoms with Gasteiger partial charge in [0.1, 0.15) is 0 Å². The molecule has 0 aromatic carbocycles. The van der Waals surface area contributed by atoms with E-state index in [2.05, 4.69) is 6.58 Å². The maximum atomic E-state index is 8.57. The molecule has 1 unspecified atom stereocenters. The predicted molar refractivity (Wildman–Crippen MR) is 40.2 cm³/mol. The minimum Gasteiger partial charge on any atom is -0.396 e. The second-order valence-electron chi connectivity index (χ2n) is 2.19. The fourth-order valence-corrected chi connectivity index (χ4v) is 0.482. The molecule has 0 spiro atoms. The molecule has 0 aliphatic heterocycles. The van der Waals surface area contributed by atoms with Crippen LogP contribution in [0.2, 0.25) is 0 Å². The van der Waals surface area contributed by atoms with Gasteiger partial charge >= 0.3 is 0 Å². The van der Waals surface area contributed by atoms with Crippen LogP contribution in [0, 0.1) is 5.92 Å². The van der Waals surface area contributed by atoms with Gasteiger partial charge in [0.2, 0.25) is 0 Å². The van der Waals surface area contributed by atoms with E-state index in [9.17, 15) is 0 Å². The van der Waals surface area contributed by atoms with Crippen molar-refractivity contribution in [1.82, 2.24) is 0 Å². The lowest BCUT2D eigenvalue weighted by molar-refractivity contribution is 0.239. The van der Waals surface area contributed by atoms with Crippen molar-refractivity contribution in [3.63, 3.8) is 0 Å². The van der Waals surface area contributed by atoms with Crippen LogP contribution in [0.5, 0.6) is 0 Å². The molecule has 0 aliphatic carbocycles. The number of hydrogen-bond acceptors (Lipinski definition) is 1. The summed E-state index contributed by atoms with van der Waals surface area (Å²) in [7, 11) is 0. The number of hydrogen-bond donors (Lipinski definition) is 1. The molecule has 0 bridgehead atoms. The summed E-state index contributed by atoms with van der Waals surface area (Å²) in [5, 5.41) is 8.57. The van der Waals surface area contributed by atoms with E-state index in [0.29, 0.717) is 5.92 Å². The molecule has 0 saturated heterocycles. The Morgan fingerprint density at radius 2 is 2.33 bits per heavy atom. The van der Waals surface area contributed by atoms with Crippen LogP contribution in [0.1, 0.15) is 13.3 Å². The topological polar surface area (TPSA) is 20.2 Å². The summed E-state index contributed by atoms with van der Waals surface area (Å²) in [4.78, 5) is 0. The third-order valence-electron chi connectivity index (χ3n) is 1.12. The third kappa shape index (κ3) is 5.31. The first kappa shape index (κ1) is 8.44. The van der Waals surface area contributed by atoms with E-state index in [1.165, 1.54) is 0 Å². The largest absolute Gasteiger partial charge is 0.396 e. The highest BCUT2D eigenvalue weighted by Crippen LogP contribution is 1.99. The van der Waals surface area contributed by atoms with E-state index >= 15 is 0 Å². The van der Waals surface area contributed by atoms with Gasteiger partial charge in [0.25, 0.3) is 0 Å². The second kappa shape index (κ2) is 5.57. The van der Waals surface area contributed by atoms with Crippen molar-refractivity contribution in [3.8, 4) is 0 Å². The van der Waals surface area contributed by atoms with Gasteiger partial charge in [-0.2, -0.15) is 0 Å². The SMILES string of the molecule is C=C/C=C\CC(C)CO. The van der Waals surface area contributed by atoms with Gasteiger partial charge < -0.3 is 5.11 Å². The first-order chi connectivity index (χ1) is 4.31. The Bertz CT molecular complexity index is 94.7. The van der Waals surface area contributed by atoms with Crippen molar-refractivity contribution >= 4 is 0 Å². The number of rotatable bonds is 4. The van der Waals surface area contributed by atoms with Gasteiger partial charge in [-0.1, -0.05) is 31.7 Å². The normalized spacial score (nSPS) is 14.0. The van der Waals surface area contributed by atoms with Gasteiger partial charge in [0.15, 0.2) is 0 Å². The van der Waals surface area contributed by atoms with Gasteiger partial charge in [-0.25, -0.2) is 0 Å². The van der Waals surface area contributed by atoms with Crippen LogP contribution in [0.25, 0.3) is 0 Å². The molecule has 0 aromatic rings.